The van der Waals surface area contributed by atoms with Crippen LogP contribution >= 0.6 is 11.3 Å². The number of nitrogens with zero attached hydrogens (tertiary/aromatic N) is 1. The summed E-state index contributed by atoms with van der Waals surface area (Å²) in [5.74, 6) is 0.914. The van der Waals surface area contributed by atoms with Gasteiger partial charge in [-0.25, -0.2) is 4.98 Å². The lowest BCUT2D eigenvalue weighted by molar-refractivity contribution is 0.317. The van der Waals surface area contributed by atoms with E-state index < -0.39 is 0 Å². The molecule has 0 fully saturated rings. The summed E-state index contributed by atoms with van der Waals surface area (Å²) < 4.78 is 5.57. The Labute approximate surface area is 118 Å². The highest BCUT2D eigenvalue weighted by molar-refractivity contribution is 7.09. The predicted octanol–water partition coefficient (Wildman–Crippen LogP) is 3.49. The van der Waals surface area contributed by atoms with Crippen molar-refractivity contribution in [3.8, 4) is 17.0 Å². The SMILES string of the molecule is CCCOc1ccc(-c2csc(CC(C)N)n2)cc1. The van der Waals surface area contributed by atoms with Gasteiger partial charge in [-0.1, -0.05) is 6.92 Å². The Hall–Kier alpha value is -1.39. The van der Waals surface area contributed by atoms with E-state index in [9.17, 15) is 0 Å². The van der Waals surface area contributed by atoms with E-state index in [2.05, 4.69) is 29.4 Å². The average molecular weight is 276 g/mol. The van der Waals surface area contributed by atoms with Crippen molar-refractivity contribution in [2.45, 2.75) is 32.7 Å². The summed E-state index contributed by atoms with van der Waals surface area (Å²) in [6.07, 6.45) is 1.86. The minimum atomic E-state index is 0.156. The second-order valence-corrected chi connectivity index (χ2v) is 5.62. The number of nitrogens with two attached hydrogens (primary N) is 1. The third kappa shape index (κ3) is 4.04. The zero-order valence-electron chi connectivity index (χ0n) is 11.4. The summed E-state index contributed by atoms with van der Waals surface area (Å²) in [4.78, 5) is 4.61. The van der Waals surface area contributed by atoms with Gasteiger partial charge in [0.05, 0.1) is 17.3 Å². The molecule has 3 nitrogen and oxygen atoms in total. The lowest BCUT2D eigenvalue weighted by atomic mass is 10.2. The van der Waals surface area contributed by atoms with E-state index in [0.717, 1.165) is 41.5 Å². The van der Waals surface area contributed by atoms with Crippen LogP contribution in [0.3, 0.4) is 0 Å². The van der Waals surface area contributed by atoms with Gasteiger partial charge in [0.2, 0.25) is 0 Å². The van der Waals surface area contributed by atoms with Crippen molar-refractivity contribution >= 4 is 11.3 Å². The molecule has 1 unspecified atom stereocenters. The molecule has 1 aromatic carbocycles. The standard InChI is InChI=1S/C15H20N2OS/c1-3-8-18-13-6-4-12(5-7-13)14-10-19-15(17-14)9-11(2)16/h4-7,10-11H,3,8-9,16H2,1-2H3. The van der Waals surface area contributed by atoms with Crippen LogP contribution in [-0.4, -0.2) is 17.6 Å². The molecule has 0 saturated carbocycles. The van der Waals surface area contributed by atoms with E-state index >= 15 is 0 Å². The smallest absolute Gasteiger partial charge is 0.119 e. The molecule has 2 rings (SSSR count). The molecule has 102 valence electrons. The Balaban J connectivity index is 2.07. The quantitative estimate of drug-likeness (QED) is 0.878. The maximum absolute atomic E-state index is 5.79. The number of benzene rings is 1. The zero-order chi connectivity index (χ0) is 13.7. The minimum Gasteiger partial charge on any atom is -0.494 e. The van der Waals surface area contributed by atoms with Crippen LogP contribution in [0.2, 0.25) is 0 Å². The van der Waals surface area contributed by atoms with Crippen LogP contribution in [0.25, 0.3) is 11.3 Å². The molecular formula is C15H20N2OS. The van der Waals surface area contributed by atoms with Gasteiger partial charge < -0.3 is 10.5 Å². The monoisotopic (exact) mass is 276 g/mol. The number of thiazole rings is 1. The fourth-order valence-electron chi connectivity index (χ4n) is 1.75. The fourth-order valence-corrected chi connectivity index (χ4v) is 2.70. The van der Waals surface area contributed by atoms with Crippen LogP contribution in [0, 0.1) is 0 Å². The van der Waals surface area contributed by atoms with E-state index in [1.54, 1.807) is 11.3 Å². The molecule has 19 heavy (non-hydrogen) atoms. The Morgan fingerprint density at radius 2 is 2.05 bits per heavy atom. The summed E-state index contributed by atoms with van der Waals surface area (Å²) in [6, 6.07) is 8.25. The average Bonchev–Trinajstić information content (AvgIpc) is 2.84. The third-order valence-corrected chi connectivity index (χ3v) is 3.54. The maximum atomic E-state index is 5.79. The number of ether oxygens (including phenoxy) is 1. The first-order valence-electron chi connectivity index (χ1n) is 6.62. The molecule has 0 amide bonds. The van der Waals surface area contributed by atoms with E-state index in [0.29, 0.717) is 0 Å². The molecule has 0 radical (unpaired) electrons. The third-order valence-electron chi connectivity index (χ3n) is 2.67. The van der Waals surface area contributed by atoms with Gasteiger partial charge in [-0.05, 0) is 37.6 Å². The summed E-state index contributed by atoms with van der Waals surface area (Å²) in [5.41, 5.74) is 7.93. The lowest BCUT2D eigenvalue weighted by Gasteiger charge is -2.04. The van der Waals surface area contributed by atoms with Crippen LogP contribution < -0.4 is 10.5 Å². The van der Waals surface area contributed by atoms with Crippen LogP contribution in [0.4, 0.5) is 0 Å². The summed E-state index contributed by atoms with van der Waals surface area (Å²) in [6.45, 7) is 4.86. The van der Waals surface area contributed by atoms with E-state index in [4.69, 9.17) is 10.5 Å². The van der Waals surface area contributed by atoms with E-state index in [-0.39, 0.29) is 6.04 Å². The molecule has 0 aliphatic heterocycles. The van der Waals surface area contributed by atoms with E-state index in [1.165, 1.54) is 0 Å². The second kappa shape index (κ2) is 6.68. The number of rotatable bonds is 6. The maximum Gasteiger partial charge on any atom is 0.119 e. The topological polar surface area (TPSA) is 48.1 Å². The molecule has 1 heterocycles. The Morgan fingerprint density at radius 3 is 2.68 bits per heavy atom. The summed E-state index contributed by atoms with van der Waals surface area (Å²) in [5, 5.41) is 3.18. The van der Waals surface area contributed by atoms with Gasteiger partial charge >= 0.3 is 0 Å². The number of hydrogen-bond acceptors (Lipinski definition) is 4. The van der Waals surface area contributed by atoms with Gasteiger partial charge in [0.15, 0.2) is 0 Å². The fraction of sp³-hybridized carbons (Fsp3) is 0.400. The summed E-state index contributed by atoms with van der Waals surface area (Å²) >= 11 is 1.67. The van der Waals surface area contributed by atoms with Gasteiger partial charge in [0.1, 0.15) is 5.75 Å². The highest BCUT2D eigenvalue weighted by Crippen LogP contribution is 2.24. The largest absolute Gasteiger partial charge is 0.494 e. The van der Waals surface area contributed by atoms with Crippen molar-refractivity contribution in [2.24, 2.45) is 5.73 Å². The normalized spacial score (nSPS) is 12.4. The number of aromatic nitrogens is 1. The second-order valence-electron chi connectivity index (χ2n) is 4.68. The molecule has 0 spiro atoms. The van der Waals surface area contributed by atoms with Crippen molar-refractivity contribution in [3.05, 3.63) is 34.7 Å². The molecule has 0 aliphatic rings. The van der Waals surface area contributed by atoms with Crippen LogP contribution in [0.15, 0.2) is 29.6 Å². The lowest BCUT2D eigenvalue weighted by Crippen LogP contribution is -2.17. The van der Waals surface area contributed by atoms with Crippen molar-refractivity contribution < 1.29 is 4.74 Å². The highest BCUT2D eigenvalue weighted by Gasteiger charge is 2.06. The number of hydrogen-bond donors (Lipinski definition) is 1. The van der Waals surface area contributed by atoms with Crippen molar-refractivity contribution in [1.82, 2.24) is 4.98 Å². The molecule has 0 bridgehead atoms. The first kappa shape index (κ1) is 14.0. The van der Waals surface area contributed by atoms with E-state index in [1.807, 2.05) is 19.1 Å². The molecule has 2 N–H and O–H groups in total. The minimum absolute atomic E-state index is 0.156. The molecule has 4 heteroatoms. The molecule has 0 aliphatic carbocycles. The van der Waals surface area contributed by atoms with Gasteiger partial charge in [-0.2, -0.15) is 0 Å². The molecule has 2 aromatic rings. The Morgan fingerprint density at radius 1 is 1.32 bits per heavy atom. The zero-order valence-corrected chi connectivity index (χ0v) is 12.2. The van der Waals surface area contributed by atoms with Gasteiger partial charge in [0, 0.05) is 23.4 Å². The van der Waals surface area contributed by atoms with Gasteiger partial charge in [-0.3, -0.25) is 0 Å². The van der Waals surface area contributed by atoms with Crippen molar-refractivity contribution in [2.75, 3.05) is 6.61 Å². The Kier molecular flexibility index (Phi) is 4.93. The predicted molar refractivity (Wildman–Crippen MR) is 80.7 cm³/mol. The molecular weight excluding hydrogens is 256 g/mol. The summed E-state index contributed by atoms with van der Waals surface area (Å²) in [7, 11) is 0. The van der Waals surface area contributed by atoms with Gasteiger partial charge in [0.25, 0.3) is 0 Å². The van der Waals surface area contributed by atoms with Crippen LogP contribution in [0.1, 0.15) is 25.3 Å². The molecule has 0 saturated heterocycles. The van der Waals surface area contributed by atoms with Crippen LogP contribution in [-0.2, 0) is 6.42 Å². The molecule has 1 aromatic heterocycles. The molecule has 1 atom stereocenters. The first-order chi connectivity index (χ1) is 9.19. The van der Waals surface area contributed by atoms with Gasteiger partial charge in [-0.15, -0.1) is 11.3 Å². The van der Waals surface area contributed by atoms with Crippen molar-refractivity contribution in [1.29, 1.82) is 0 Å². The highest BCUT2D eigenvalue weighted by atomic mass is 32.1. The van der Waals surface area contributed by atoms with Crippen LogP contribution in [0.5, 0.6) is 5.75 Å². The Bertz CT molecular complexity index is 505. The first-order valence-corrected chi connectivity index (χ1v) is 7.50. The van der Waals surface area contributed by atoms with Crippen molar-refractivity contribution in [3.63, 3.8) is 0 Å².